The number of hydrogen-bond donors (Lipinski definition) is 0. The van der Waals surface area contributed by atoms with Gasteiger partial charge in [-0.15, -0.1) is 0 Å². The van der Waals surface area contributed by atoms with Gasteiger partial charge in [-0.2, -0.15) is 0 Å². The van der Waals surface area contributed by atoms with Gasteiger partial charge in [0.1, 0.15) is 0 Å². The van der Waals surface area contributed by atoms with Crippen LogP contribution in [0.15, 0.2) is 188 Å². The monoisotopic (exact) mass is 626 g/mol. The Bertz CT molecular complexity index is 2540. The van der Waals surface area contributed by atoms with E-state index in [4.69, 9.17) is 0 Å². The van der Waals surface area contributed by atoms with E-state index in [0.29, 0.717) is 0 Å². The molecule has 232 valence electrons. The van der Waals surface area contributed by atoms with Gasteiger partial charge < -0.3 is 9.80 Å². The second-order valence-corrected chi connectivity index (χ2v) is 12.8. The maximum absolute atomic E-state index is 2.35. The van der Waals surface area contributed by atoms with Crippen LogP contribution >= 0.6 is 0 Å². The Morgan fingerprint density at radius 1 is 0.265 bits per heavy atom. The van der Waals surface area contributed by atoms with Crippen LogP contribution in [0.4, 0.5) is 28.4 Å². The van der Waals surface area contributed by atoms with Crippen LogP contribution in [-0.4, -0.2) is 7.05 Å². The average molecular weight is 627 g/mol. The number of fused-ring (bicyclic) bond motifs is 4. The zero-order valence-electron chi connectivity index (χ0n) is 27.3. The van der Waals surface area contributed by atoms with Crippen molar-refractivity contribution in [3.8, 4) is 11.1 Å². The lowest BCUT2D eigenvalue weighted by Crippen LogP contribution is -2.10. The summed E-state index contributed by atoms with van der Waals surface area (Å²) in [6, 6.07) is 68.2. The Morgan fingerprint density at radius 3 is 1.14 bits per heavy atom. The third-order valence-corrected chi connectivity index (χ3v) is 9.77. The Hall–Kier alpha value is -6.38. The van der Waals surface area contributed by atoms with Crippen molar-refractivity contribution < 1.29 is 0 Å². The van der Waals surface area contributed by atoms with Gasteiger partial charge in [-0.3, -0.25) is 0 Å². The molecule has 0 aliphatic heterocycles. The molecule has 0 amide bonds. The summed E-state index contributed by atoms with van der Waals surface area (Å²) in [6.07, 6.45) is 0. The Balaban J connectivity index is 1.02. The van der Waals surface area contributed by atoms with Crippen molar-refractivity contribution in [3.63, 3.8) is 0 Å². The van der Waals surface area contributed by atoms with Gasteiger partial charge in [0.15, 0.2) is 0 Å². The van der Waals surface area contributed by atoms with Crippen LogP contribution < -0.4 is 9.80 Å². The molecule has 0 N–H and O–H groups in total. The molecule has 0 fully saturated rings. The minimum Gasteiger partial charge on any atom is -0.345 e. The van der Waals surface area contributed by atoms with E-state index in [1.807, 2.05) is 0 Å². The predicted molar refractivity (Wildman–Crippen MR) is 211 cm³/mol. The van der Waals surface area contributed by atoms with Crippen molar-refractivity contribution in [2.24, 2.45) is 0 Å². The third kappa shape index (κ3) is 5.44. The molecule has 9 rings (SSSR count). The fourth-order valence-corrected chi connectivity index (χ4v) is 7.04. The molecule has 9 aromatic carbocycles. The van der Waals surface area contributed by atoms with Crippen molar-refractivity contribution in [1.82, 2.24) is 0 Å². The van der Waals surface area contributed by atoms with E-state index in [1.165, 1.54) is 59.9 Å². The summed E-state index contributed by atoms with van der Waals surface area (Å²) < 4.78 is 0. The highest BCUT2D eigenvalue weighted by Gasteiger charge is 2.15. The molecular weight excluding hydrogens is 593 g/mol. The SMILES string of the molecule is CN(c1ccc(-c2ccc(N(c3ccc4ccccc4c3)c3ccc4ccccc4c3)cc2)cc1)c1ccc2cc3ccccc3cc2c1. The van der Waals surface area contributed by atoms with Crippen molar-refractivity contribution in [2.45, 2.75) is 0 Å². The van der Waals surface area contributed by atoms with E-state index >= 15 is 0 Å². The lowest BCUT2D eigenvalue weighted by molar-refractivity contribution is 1.21. The lowest BCUT2D eigenvalue weighted by atomic mass is 10.0. The van der Waals surface area contributed by atoms with Crippen molar-refractivity contribution in [2.75, 3.05) is 16.8 Å². The summed E-state index contributed by atoms with van der Waals surface area (Å²) in [5, 5.41) is 9.98. The van der Waals surface area contributed by atoms with Crippen LogP contribution in [0.25, 0.3) is 54.2 Å². The Morgan fingerprint density at radius 2 is 0.612 bits per heavy atom. The van der Waals surface area contributed by atoms with Gasteiger partial charge in [0.2, 0.25) is 0 Å². The molecule has 0 unspecified atom stereocenters. The highest BCUT2D eigenvalue weighted by Crippen LogP contribution is 2.39. The molecule has 49 heavy (non-hydrogen) atoms. The normalized spacial score (nSPS) is 11.4. The minimum atomic E-state index is 1.12. The summed E-state index contributed by atoms with van der Waals surface area (Å²) in [5.41, 5.74) is 8.09. The lowest BCUT2D eigenvalue weighted by Gasteiger charge is -2.26. The molecule has 0 aliphatic carbocycles. The molecule has 0 spiro atoms. The second kappa shape index (κ2) is 12.0. The standard InChI is InChI=1S/C47H34N2/c1-48(45-25-20-41-28-37-10-6-7-11-38(37)29-42(41)32-45)43-21-14-35(15-22-43)36-16-23-44(24-17-36)49(46-26-18-33-8-2-4-12-39(33)30-46)47-27-19-34-9-3-5-13-40(34)31-47/h2-32H,1H3. The molecule has 2 heteroatoms. The van der Waals surface area contributed by atoms with Crippen molar-refractivity contribution in [1.29, 1.82) is 0 Å². The van der Waals surface area contributed by atoms with Gasteiger partial charge in [-0.25, -0.2) is 0 Å². The number of hydrogen-bond acceptors (Lipinski definition) is 2. The summed E-state index contributed by atoms with van der Waals surface area (Å²) in [7, 11) is 2.14. The van der Waals surface area contributed by atoms with E-state index in [2.05, 4.69) is 205 Å². The highest BCUT2D eigenvalue weighted by molar-refractivity contribution is 6.00. The molecule has 9 aromatic rings. The first-order valence-corrected chi connectivity index (χ1v) is 16.8. The van der Waals surface area contributed by atoms with Gasteiger partial charge >= 0.3 is 0 Å². The van der Waals surface area contributed by atoms with Gasteiger partial charge in [0.25, 0.3) is 0 Å². The Kier molecular flexibility index (Phi) is 7.06. The van der Waals surface area contributed by atoms with E-state index in [0.717, 1.165) is 22.7 Å². The number of rotatable bonds is 6. The van der Waals surface area contributed by atoms with Crippen molar-refractivity contribution >= 4 is 71.5 Å². The van der Waals surface area contributed by atoms with Crippen LogP contribution in [0.2, 0.25) is 0 Å². The van der Waals surface area contributed by atoms with Crippen LogP contribution in [0.1, 0.15) is 0 Å². The van der Waals surface area contributed by atoms with Gasteiger partial charge in [-0.1, -0.05) is 115 Å². The predicted octanol–water partition coefficient (Wildman–Crippen LogP) is 13.2. The summed E-state index contributed by atoms with van der Waals surface area (Å²) >= 11 is 0. The first-order valence-electron chi connectivity index (χ1n) is 16.8. The van der Waals surface area contributed by atoms with Crippen LogP contribution in [0.3, 0.4) is 0 Å². The molecule has 0 bridgehead atoms. The number of anilines is 5. The second-order valence-electron chi connectivity index (χ2n) is 12.8. The maximum atomic E-state index is 2.35. The first kappa shape index (κ1) is 28.8. The maximum Gasteiger partial charge on any atom is 0.0468 e. The third-order valence-electron chi connectivity index (χ3n) is 9.77. The quantitative estimate of drug-likeness (QED) is 0.169. The Labute approximate surface area is 286 Å². The van der Waals surface area contributed by atoms with Crippen LogP contribution in [-0.2, 0) is 0 Å². The van der Waals surface area contributed by atoms with E-state index in [9.17, 15) is 0 Å². The minimum absolute atomic E-state index is 1.12. The molecule has 0 saturated heterocycles. The molecule has 0 aromatic heterocycles. The fourth-order valence-electron chi connectivity index (χ4n) is 7.04. The zero-order valence-corrected chi connectivity index (χ0v) is 27.3. The van der Waals surface area contributed by atoms with Crippen LogP contribution in [0.5, 0.6) is 0 Å². The van der Waals surface area contributed by atoms with Gasteiger partial charge in [-0.05, 0) is 127 Å². The highest BCUT2D eigenvalue weighted by atomic mass is 15.1. The topological polar surface area (TPSA) is 6.48 Å². The molecule has 0 aliphatic rings. The van der Waals surface area contributed by atoms with Gasteiger partial charge in [0, 0.05) is 35.5 Å². The summed E-state index contributed by atoms with van der Waals surface area (Å²) in [5.74, 6) is 0. The largest absolute Gasteiger partial charge is 0.345 e. The fraction of sp³-hybridized carbons (Fsp3) is 0.0213. The molecule has 0 radical (unpaired) electrons. The number of benzene rings is 9. The summed E-state index contributed by atoms with van der Waals surface area (Å²) in [4.78, 5) is 4.61. The molecule has 0 atom stereocenters. The number of nitrogens with zero attached hydrogens (tertiary/aromatic N) is 2. The van der Waals surface area contributed by atoms with E-state index in [-0.39, 0.29) is 0 Å². The van der Waals surface area contributed by atoms with Gasteiger partial charge in [0.05, 0.1) is 0 Å². The molecule has 0 saturated carbocycles. The smallest absolute Gasteiger partial charge is 0.0468 e. The molecule has 0 heterocycles. The average Bonchev–Trinajstić information content (AvgIpc) is 3.17. The molecule has 2 nitrogen and oxygen atoms in total. The van der Waals surface area contributed by atoms with E-state index in [1.54, 1.807) is 0 Å². The van der Waals surface area contributed by atoms with Crippen molar-refractivity contribution in [3.05, 3.63) is 188 Å². The first-order chi connectivity index (χ1) is 24.2. The summed E-state index contributed by atoms with van der Waals surface area (Å²) in [6.45, 7) is 0. The zero-order chi connectivity index (χ0) is 32.7. The van der Waals surface area contributed by atoms with Crippen LogP contribution in [0, 0.1) is 0 Å². The van der Waals surface area contributed by atoms with E-state index < -0.39 is 0 Å². The molecular formula is C47H34N2.